The van der Waals surface area contributed by atoms with E-state index in [1.54, 1.807) is 0 Å². The number of hydrogen-bond acceptors (Lipinski definition) is 3. The van der Waals surface area contributed by atoms with Gasteiger partial charge >= 0.3 is 0 Å². The Morgan fingerprint density at radius 1 is 1.50 bits per heavy atom. The molecular weight excluding hydrogens is 126 g/mol. The summed E-state index contributed by atoms with van der Waals surface area (Å²) in [6.07, 6.45) is 0.625. The molecule has 3 nitrogen and oxygen atoms in total. The zero-order valence-corrected chi connectivity index (χ0v) is 6.72. The Morgan fingerprint density at radius 2 is 2.20 bits per heavy atom. The summed E-state index contributed by atoms with van der Waals surface area (Å²) >= 11 is 0. The van der Waals surface area contributed by atoms with E-state index in [-0.39, 0.29) is 0 Å². The first-order valence-corrected chi connectivity index (χ1v) is 3.51. The van der Waals surface area contributed by atoms with E-state index in [1.807, 2.05) is 14.1 Å². The molecule has 0 aromatic heterocycles. The molecule has 0 spiro atoms. The predicted molar refractivity (Wildman–Crippen MR) is 41.7 cm³/mol. The standard InChI is InChI=1S/C7H15N3/c1-9-5-7-10(2)6-3-4-8/h9H,3,5-7H2,1-2H3. The largest absolute Gasteiger partial charge is 0.318 e. The van der Waals surface area contributed by atoms with E-state index in [4.69, 9.17) is 5.26 Å². The first-order chi connectivity index (χ1) is 4.81. The Hall–Kier alpha value is -0.590. The van der Waals surface area contributed by atoms with Crippen LogP contribution < -0.4 is 5.32 Å². The molecule has 0 heterocycles. The SMILES string of the molecule is CNCCN(C)CCC#N. The van der Waals surface area contributed by atoms with Crippen LogP contribution in [0, 0.1) is 11.3 Å². The molecular formula is C7H15N3. The number of likely N-dealkylation sites (N-methyl/N-ethyl adjacent to an activating group) is 2. The van der Waals surface area contributed by atoms with E-state index < -0.39 is 0 Å². The summed E-state index contributed by atoms with van der Waals surface area (Å²) in [5.74, 6) is 0. The van der Waals surface area contributed by atoms with E-state index in [0.29, 0.717) is 6.42 Å². The predicted octanol–water partition coefficient (Wildman–Crippen LogP) is 0.0513. The highest BCUT2D eigenvalue weighted by atomic mass is 15.1. The van der Waals surface area contributed by atoms with Gasteiger partial charge < -0.3 is 10.2 Å². The van der Waals surface area contributed by atoms with E-state index in [1.165, 1.54) is 0 Å². The zero-order valence-electron chi connectivity index (χ0n) is 6.72. The maximum Gasteiger partial charge on any atom is 0.0635 e. The van der Waals surface area contributed by atoms with Crippen molar-refractivity contribution in [3.05, 3.63) is 0 Å². The molecule has 0 radical (unpaired) electrons. The molecule has 0 rings (SSSR count). The van der Waals surface area contributed by atoms with Gasteiger partial charge in [-0.25, -0.2) is 0 Å². The van der Waals surface area contributed by atoms with Gasteiger partial charge in [-0.15, -0.1) is 0 Å². The molecule has 0 aliphatic carbocycles. The molecule has 58 valence electrons. The molecule has 0 bridgehead atoms. The van der Waals surface area contributed by atoms with Crippen LogP contribution in [0.3, 0.4) is 0 Å². The van der Waals surface area contributed by atoms with Gasteiger partial charge in [-0.05, 0) is 14.1 Å². The number of nitriles is 1. The number of rotatable bonds is 5. The normalized spacial score (nSPS) is 9.80. The molecule has 10 heavy (non-hydrogen) atoms. The Kier molecular flexibility index (Phi) is 6.14. The molecule has 0 aromatic rings. The van der Waals surface area contributed by atoms with Crippen molar-refractivity contribution < 1.29 is 0 Å². The summed E-state index contributed by atoms with van der Waals surface area (Å²) in [5.41, 5.74) is 0. The highest BCUT2D eigenvalue weighted by molar-refractivity contribution is 4.70. The lowest BCUT2D eigenvalue weighted by molar-refractivity contribution is 0.343. The van der Waals surface area contributed by atoms with Gasteiger partial charge in [-0.3, -0.25) is 0 Å². The van der Waals surface area contributed by atoms with Crippen molar-refractivity contribution in [2.45, 2.75) is 6.42 Å². The third-order valence-electron chi connectivity index (χ3n) is 1.35. The van der Waals surface area contributed by atoms with Crippen molar-refractivity contribution in [2.24, 2.45) is 0 Å². The molecule has 0 aromatic carbocycles. The third kappa shape index (κ3) is 5.54. The van der Waals surface area contributed by atoms with E-state index in [2.05, 4.69) is 16.3 Å². The van der Waals surface area contributed by atoms with Crippen molar-refractivity contribution in [1.82, 2.24) is 10.2 Å². The fourth-order valence-electron chi connectivity index (χ4n) is 0.655. The van der Waals surface area contributed by atoms with Gasteiger partial charge in [0, 0.05) is 26.1 Å². The van der Waals surface area contributed by atoms with Gasteiger partial charge in [0.05, 0.1) is 6.07 Å². The van der Waals surface area contributed by atoms with Gasteiger partial charge in [-0.1, -0.05) is 0 Å². The number of hydrogen-bond donors (Lipinski definition) is 1. The monoisotopic (exact) mass is 141 g/mol. The molecule has 0 fully saturated rings. The Morgan fingerprint density at radius 3 is 2.70 bits per heavy atom. The lowest BCUT2D eigenvalue weighted by Gasteiger charge is -2.13. The molecule has 0 saturated heterocycles. The molecule has 0 unspecified atom stereocenters. The average molecular weight is 141 g/mol. The Labute approximate surface area is 62.6 Å². The van der Waals surface area contributed by atoms with E-state index in [9.17, 15) is 0 Å². The summed E-state index contributed by atoms with van der Waals surface area (Å²) in [7, 11) is 3.95. The smallest absolute Gasteiger partial charge is 0.0635 e. The second kappa shape index (κ2) is 6.53. The number of nitrogens with one attached hydrogen (secondary N) is 1. The number of nitrogens with zero attached hydrogens (tertiary/aromatic N) is 2. The maximum atomic E-state index is 8.25. The third-order valence-corrected chi connectivity index (χ3v) is 1.35. The molecule has 0 saturated carbocycles. The summed E-state index contributed by atoms with van der Waals surface area (Å²) in [6.45, 7) is 2.87. The van der Waals surface area contributed by atoms with Crippen LogP contribution in [0.4, 0.5) is 0 Å². The maximum absolute atomic E-state index is 8.25. The lowest BCUT2D eigenvalue weighted by Crippen LogP contribution is -2.27. The second-order valence-corrected chi connectivity index (χ2v) is 2.31. The summed E-state index contributed by atoms with van der Waals surface area (Å²) in [5, 5.41) is 11.3. The van der Waals surface area contributed by atoms with Crippen LogP contribution in [-0.4, -0.2) is 38.6 Å². The van der Waals surface area contributed by atoms with Crippen LogP contribution in [0.2, 0.25) is 0 Å². The van der Waals surface area contributed by atoms with Crippen molar-refractivity contribution in [3.8, 4) is 6.07 Å². The van der Waals surface area contributed by atoms with Crippen LogP contribution >= 0.6 is 0 Å². The molecule has 0 aliphatic rings. The minimum absolute atomic E-state index is 0.625. The van der Waals surface area contributed by atoms with Gasteiger partial charge in [0.1, 0.15) is 0 Å². The average Bonchev–Trinajstić information content (AvgIpc) is 1.97. The Balaban J connectivity index is 3.10. The topological polar surface area (TPSA) is 39.1 Å². The summed E-state index contributed by atoms with van der Waals surface area (Å²) in [6, 6.07) is 2.11. The molecule has 0 atom stereocenters. The van der Waals surface area contributed by atoms with Gasteiger partial charge in [0.2, 0.25) is 0 Å². The van der Waals surface area contributed by atoms with Crippen LogP contribution in [0.5, 0.6) is 0 Å². The molecule has 3 heteroatoms. The summed E-state index contributed by atoms with van der Waals surface area (Å²) < 4.78 is 0. The minimum Gasteiger partial charge on any atom is -0.318 e. The molecule has 0 aliphatic heterocycles. The fraction of sp³-hybridized carbons (Fsp3) is 0.857. The quantitative estimate of drug-likeness (QED) is 0.588. The van der Waals surface area contributed by atoms with Gasteiger partial charge in [0.25, 0.3) is 0 Å². The Bertz CT molecular complexity index is 106. The summed E-state index contributed by atoms with van der Waals surface area (Å²) in [4.78, 5) is 2.14. The van der Waals surface area contributed by atoms with Gasteiger partial charge in [0.15, 0.2) is 0 Å². The van der Waals surface area contributed by atoms with E-state index in [0.717, 1.165) is 19.6 Å². The minimum atomic E-state index is 0.625. The van der Waals surface area contributed by atoms with Crippen LogP contribution in [0.25, 0.3) is 0 Å². The van der Waals surface area contributed by atoms with Crippen LogP contribution in [0.1, 0.15) is 6.42 Å². The van der Waals surface area contributed by atoms with Crippen molar-refractivity contribution in [2.75, 3.05) is 33.7 Å². The molecule has 0 amide bonds. The molecule has 1 N–H and O–H groups in total. The highest BCUT2D eigenvalue weighted by Gasteiger charge is 1.94. The van der Waals surface area contributed by atoms with Crippen molar-refractivity contribution in [3.63, 3.8) is 0 Å². The van der Waals surface area contributed by atoms with Gasteiger partial charge in [-0.2, -0.15) is 5.26 Å². The van der Waals surface area contributed by atoms with Crippen molar-refractivity contribution in [1.29, 1.82) is 5.26 Å². The zero-order chi connectivity index (χ0) is 7.82. The lowest BCUT2D eigenvalue weighted by atomic mass is 10.4. The van der Waals surface area contributed by atoms with E-state index >= 15 is 0 Å². The highest BCUT2D eigenvalue weighted by Crippen LogP contribution is 1.83. The first kappa shape index (κ1) is 9.41. The fourth-order valence-corrected chi connectivity index (χ4v) is 0.655. The van der Waals surface area contributed by atoms with Crippen LogP contribution in [0.15, 0.2) is 0 Å². The first-order valence-electron chi connectivity index (χ1n) is 3.51. The van der Waals surface area contributed by atoms with Crippen LogP contribution in [-0.2, 0) is 0 Å². The second-order valence-electron chi connectivity index (χ2n) is 2.31. The van der Waals surface area contributed by atoms with Crippen molar-refractivity contribution >= 4 is 0 Å².